The van der Waals surface area contributed by atoms with E-state index in [1.165, 1.54) is 44.8 Å². The van der Waals surface area contributed by atoms with Crippen LogP contribution in [0.2, 0.25) is 0 Å². The molecule has 2 N–H and O–H groups in total. The SMILES string of the molecule is CC1(C)C=Cc2cc3c(cc2N1)C(C)(C)c1cc2c(cc1-3)C=CC(C)(C)N2. The Morgan fingerprint density at radius 1 is 0.593 bits per heavy atom. The van der Waals surface area contributed by atoms with Crippen molar-refractivity contribution in [3.8, 4) is 11.1 Å². The first-order valence-corrected chi connectivity index (χ1v) is 9.88. The molecule has 0 saturated heterocycles. The predicted molar refractivity (Wildman–Crippen MR) is 117 cm³/mol. The minimum atomic E-state index is -0.00526. The molecule has 0 bridgehead atoms. The third kappa shape index (κ3) is 2.39. The Balaban J connectivity index is 1.72. The topological polar surface area (TPSA) is 24.1 Å². The van der Waals surface area contributed by atoms with E-state index in [0.29, 0.717) is 0 Å². The van der Waals surface area contributed by atoms with Gasteiger partial charge in [0.1, 0.15) is 0 Å². The lowest BCUT2D eigenvalue weighted by molar-refractivity contribution is 0.657. The lowest BCUT2D eigenvalue weighted by atomic mass is 9.81. The highest BCUT2D eigenvalue weighted by molar-refractivity contribution is 5.90. The molecule has 1 aliphatic carbocycles. The maximum absolute atomic E-state index is 3.69. The fourth-order valence-corrected chi connectivity index (χ4v) is 4.72. The average Bonchev–Trinajstić information content (AvgIpc) is 2.77. The molecule has 0 radical (unpaired) electrons. The number of nitrogens with one attached hydrogen (secondary N) is 2. The molecular weight excluding hydrogens is 328 g/mol. The van der Waals surface area contributed by atoms with Crippen molar-refractivity contribution in [1.82, 2.24) is 0 Å². The summed E-state index contributed by atoms with van der Waals surface area (Å²) in [6.45, 7) is 13.6. The van der Waals surface area contributed by atoms with Gasteiger partial charge in [0.2, 0.25) is 0 Å². The van der Waals surface area contributed by atoms with Gasteiger partial charge in [0, 0.05) is 16.8 Å². The monoisotopic (exact) mass is 356 g/mol. The molecule has 0 amide bonds. The molecule has 0 spiro atoms. The van der Waals surface area contributed by atoms with Crippen molar-refractivity contribution < 1.29 is 0 Å². The van der Waals surface area contributed by atoms with Gasteiger partial charge in [0.15, 0.2) is 0 Å². The minimum Gasteiger partial charge on any atom is -0.376 e. The molecule has 2 heterocycles. The van der Waals surface area contributed by atoms with E-state index in [1.807, 2.05) is 0 Å². The minimum absolute atomic E-state index is 0.00375. The molecule has 138 valence electrons. The lowest BCUT2D eigenvalue weighted by Crippen LogP contribution is -2.31. The Bertz CT molecular complexity index is 965. The van der Waals surface area contributed by atoms with Crippen LogP contribution in [-0.2, 0) is 5.41 Å². The van der Waals surface area contributed by atoms with Crippen molar-refractivity contribution in [2.24, 2.45) is 0 Å². The number of anilines is 2. The molecule has 2 nitrogen and oxygen atoms in total. The van der Waals surface area contributed by atoms with E-state index in [4.69, 9.17) is 0 Å². The molecule has 0 fully saturated rings. The zero-order valence-electron chi connectivity index (χ0n) is 17.1. The van der Waals surface area contributed by atoms with E-state index in [-0.39, 0.29) is 16.5 Å². The molecular formula is C25H28N2. The smallest absolute Gasteiger partial charge is 0.0503 e. The van der Waals surface area contributed by atoms with Crippen molar-refractivity contribution in [3.63, 3.8) is 0 Å². The number of fused-ring (bicyclic) bond motifs is 5. The Morgan fingerprint density at radius 3 is 1.41 bits per heavy atom. The van der Waals surface area contributed by atoms with Crippen LogP contribution < -0.4 is 10.6 Å². The van der Waals surface area contributed by atoms with Crippen molar-refractivity contribution in [1.29, 1.82) is 0 Å². The van der Waals surface area contributed by atoms with Gasteiger partial charge in [-0.25, -0.2) is 0 Å². The van der Waals surface area contributed by atoms with Gasteiger partial charge in [-0.15, -0.1) is 0 Å². The summed E-state index contributed by atoms with van der Waals surface area (Å²) in [7, 11) is 0. The third-order valence-corrected chi connectivity index (χ3v) is 6.29. The molecule has 3 aliphatic rings. The predicted octanol–water partition coefficient (Wildman–Crippen LogP) is 6.43. The van der Waals surface area contributed by atoms with Gasteiger partial charge in [-0.1, -0.05) is 38.2 Å². The summed E-state index contributed by atoms with van der Waals surface area (Å²) in [5.74, 6) is 0. The number of hydrogen-bond donors (Lipinski definition) is 2. The highest BCUT2D eigenvalue weighted by atomic mass is 15.0. The summed E-state index contributed by atoms with van der Waals surface area (Å²) in [5.41, 5.74) is 10.6. The van der Waals surface area contributed by atoms with E-state index in [1.54, 1.807) is 0 Å². The Labute approximate surface area is 162 Å². The first-order valence-electron chi connectivity index (χ1n) is 9.88. The van der Waals surface area contributed by atoms with Gasteiger partial charge < -0.3 is 10.6 Å². The van der Waals surface area contributed by atoms with Gasteiger partial charge in [-0.05, 0) is 85.3 Å². The molecule has 0 saturated carbocycles. The van der Waals surface area contributed by atoms with E-state index >= 15 is 0 Å². The molecule has 0 aromatic heterocycles. The first-order chi connectivity index (χ1) is 12.6. The average molecular weight is 357 g/mol. The third-order valence-electron chi connectivity index (χ3n) is 6.29. The van der Waals surface area contributed by atoms with Crippen LogP contribution in [0.3, 0.4) is 0 Å². The highest BCUT2D eigenvalue weighted by Crippen LogP contribution is 2.52. The van der Waals surface area contributed by atoms with E-state index < -0.39 is 0 Å². The fraction of sp³-hybridized carbons (Fsp3) is 0.360. The largest absolute Gasteiger partial charge is 0.376 e. The van der Waals surface area contributed by atoms with Crippen LogP contribution in [0.5, 0.6) is 0 Å². The quantitative estimate of drug-likeness (QED) is 0.568. The molecule has 5 rings (SSSR count). The summed E-state index contributed by atoms with van der Waals surface area (Å²) in [6, 6.07) is 9.49. The maximum Gasteiger partial charge on any atom is 0.0503 e. The lowest BCUT2D eigenvalue weighted by Gasteiger charge is -2.31. The van der Waals surface area contributed by atoms with Crippen LogP contribution >= 0.6 is 0 Å². The summed E-state index contributed by atoms with van der Waals surface area (Å²) in [6.07, 6.45) is 9.04. The zero-order chi connectivity index (χ0) is 19.2. The second-order valence-corrected chi connectivity index (χ2v) is 9.96. The molecule has 27 heavy (non-hydrogen) atoms. The van der Waals surface area contributed by atoms with Crippen molar-refractivity contribution >= 4 is 23.5 Å². The second-order valence-electron chi connectivity index (χ2n) is 9.96. The number of hydrogen-bond acceptors (Lipinski definition) is 2. The van der Waals surface area contributed by atoms with Gasteiger partial charge in [-0.3, -0.25) is 0 Å². The van der Waals surface area contributed by atoms with Crippen LogP contribution in [0.25, 0.3) is 23.3 Å². The number of benzene rings is 2. The van der Waals surface area contributed by atoms with Crippen LogP contribution in [0, 0.1) is 0 Å². The van der Waals surface area contributed by atoms with Crippen LogP contribution in [0.4, 0.5) is 11.4 Å². The molecule has 2 heteroatoms. The van der Waals surface area contributed by atoms with Gasteiger partial charge >= 0.3 is 0 Å². The molecule has 2 aromatic rings. The second kappa shape index (κ2) is 4.86. The zero-order valence-corrected chi connectivity index (χ0v) is 17.1. The molecule has 0 unspecified atom stereocenters. The summed E-state index contributed by atoms with van der Waals surface area (Å²) >= 11 is 0. The van der Waals surface area contributed by atoms with Crippen LogP contribution in [-0.4, -0.2) is 11.1 Å². The highest BCUT2D eigenvalue weighted by Gasteiger charge is 2.38. The Kier molecular flexibility index (Phi) is 3.00. The van der Waals surface area contributed by atoms with Gasteiger partial charge in [-0.2, -0.15) is 0 Å². The van der Waals surface area contributed by atoms with Crippen molar-refractivity contribution in [2.75, 3.05) is 10.6 Å². The first kappa shape index (κ1) is 16.7. The van der Waals surface area contributed by atoms with E-state index in [9.17, 15) is 0 Å². The summed E-state index contributed by atoms with van der Waals surface area (Å²) in [4.78, 5) is 0. The van der Waals surface area contributed by atoms with Crippen LogP contribution in [0.1, 0.15) is 63.8 Å². The van der Waals surface area contributed by atoms with Gasteiger partial charge in [0.05, 0.1) is 11.1 Å². The molecule has 2 aromatic carbocycles. The van der Waals surface area contributed by atoms with E-state index in [2.05, 4.69) is 101 Å². The molecule has 0 atom stereocenters. The van der Waals surface area contributed by atoms with Crippen molar-refractivity contribution in [2.45, 2.75) is 58.0 Å². The van der Waals surface area contributed by atoms with Gasteiger partial charge in [0.25, 0.3) is 0 Å². The number of rotatable bonds is 0. The maximum atomic E-state index is 3.69. The Morgan fingerprint density at radius 2 is 1.00 bits per heavy atom. The molecule has 2 aliphatic heterocycles. The van der Waals surface area contributed by atoms with Crippen molar-refractivity contribution in [3.05, 3.63) is 58.7 Å². The Hall–Kier alpha value is -2.48. The van der Waals surface area contributed by atoms with Crippen LogP contribution in [0.15, 0.2) is 36.4 Å². The van der Waals surface area contributed by atoms with E-state index in [0.717, 1.165) is 0 Å². The summed E-state index contributed by atoms with van der Waals surface area (Å²) < 4.78 is 0. The fourth-order valence-electron chi connectivity index (χ4n) is 4.72. The summed E-state index contributed by atoms with van der Waals surface area (Å²) in [5, 5.41) is 7.37. The normalized spacial score (nSPS) is 21.4. The standard InChI is InChI=1S/C25H28N2/c1-23(2)9-7-15-11-17-18-12-16-8-10-24(3,4)27-22(16)14-20(18)25(5,6)19(17)13-21(15)26-23/h7-14,26-27H,1-6H3.